The van der Waals surface area contributed by atoms with Crippen molar-refractivity contribution in [1.82, 2.24) is 0 Å². The molecule has 82 valence electrons. The lowest BCUT2D eigenvalue weighted by Crippen LogP contribution is -2.20. The summed E-state index contributed by atoms with van der Waals surface area (Å²) < 4.78 is 5.16. The smallest absolute Gasteiger partial charge is 0.250 e. The minimum absolute atomic E-state index is 0.0524. The van der Waals surface area contributed by atoms with Gasteiger partial charge in [0.2, 0.25) is 5.91 Å². The number of nitrogens with two attached hydrogens (primary N) is 1. The number of nitrogen functional groups attached to an aromatic ring is 1. The van der Waals surface area contributed by atoms with Crippen LogP contribution in [0.5, 0.6) is 0 Å². The van der Waals surface area contributed by atoms with Gasteiger partial charge in [0.25, 0.3) is 0 Å². The van der Waals surface area contributed by atoms with Gasteiger partial charge in [0.15, 0.2) is 0 Å². The number of nitrogens with one attached hydrogen (secondary N) is 1. The van der Waals surface area contributed by atoms with E-state index in [1.807, 2.05) is 13.8 Å². The monoisotopic (exact) mass is 208 g/mol. The molecule has 0 heterocycles. The van der Waals surface area contributed by atoms with Crippen LogP contribution in [0, 0.1) is 0 Å². The van der Waals surface area contributed by atoms with E-state index in [-0.39, 0.29) is 18.6 Å². The summed E-state index contributed by atoms with van der Waals surface area (Å²) in [7, 11) is 0. The molecule has 0 radical (unpaired) electrons. The molecule has 0 aliphatic heterocycles. The minimum atomic E-state index is -0.172. The summed E-state index contributed by atoms with van der Waals surface area (Å²) in [5.74, 6) is -0.172. The van der Waals surface area contributed by atoms with Crippen LogP contribution in [-0.2, 0) is 9.53 Å². The number of anilines is 2. The molecular formula is C11H16N2O2. The number of hydrogen-bond acceptors (Lipinski definition) is 3. The zero-order valence-corrected chi connectivity index (χ0v) is 8.99. The third kappa shape index (κ3) is 4.46. The van der Waals surface area contributed by atoms with Crippen molar-refractivity contribution in [3.05, 3.63) is 24.3 Å². The molecule has 4 heteroatoms. The Morgan fingerprint density at radius 1 is 1.53 bits per heavy atom. The topological polar surface area (TPSA) is 64.3 Å². The van der Waals surface area contributed by atoms with Gasteiger partial charge in [-0.15, -0.1) is 0 Å². The van der Waals surface area contributed by atoms with Gasteiger partial charge in [0, 0.05) is 11.4 Å². The van der Waals surface area contributed by atoms with Gasteiger partial charge < -0.3 is 15.8 Å². The fourth-order valence-corrected chi connectivity index (χ4v) is 1.06. The first-order chi connectivity index (χ1) is 7.08. The van der Waals surface area contributed by atoms with Crippen LogP contribution in [-0.4, -0.2) is 18.6 Å². The maximum Gasteiger partial charge on any atom is 0.250 e. The summed E-state index contributed by atoms with van der Waals surface area (Å²) in [6, 6.07) is 7.03. The fourth-order valence-electron chi connectivity index (χ4n) is 1.06. The van der Waals surface area contributed by atoms with E-state index in [1.165, 1.54) is 0 Å². The van der Waals surface area contributed by atoms with Crippen LogP contribution in [0.4, 0.5) is 11.4 Å². The van der Waals surface area contributed by atoms with Gasteiger partial charge in [0.05, 0.1) is 6.10 Å². The highest BCUT2D eigenvalue weighted by molar-refractivity contribution is 5.92. The molecule has 1 rings (SSSR count). The largest absolute Gasteiger partial charge is 0.399 e. The summed E-state index contributed by atoms with van der Waals surface area (Å²) in [6.07, 6.45) is 0.0524. The van der Waals surface area contributed by atoms with Crippen LogP contribution >= 0.6 is 0 Å². The van der Waals surface area contributed by atoms with Crippen molar-refractivity contribution in [2.24, 2.45) is 0 Å². The number of rotatable bonds is 4. The lowest BCUT2D eigenvalue weighted by Gasteiger charge is -2.08. The third-order valence-electron chi connectivity index (χ3n) is 1.72. The van der Waals surface area contributed by atoms with E-state index in [9.17, 15) is 4.79 Å². The molecule has 1 aromatic carbocycles. The summed E-state index contributed by atoms with van der Waals surface area (Å²) in [5, 5.41) is 2.69. The number of ether oxygens (including phenoxy) is 1. The van der Waals surface area contributed by atoms with Crippen molar-refractivity contribution >= 4 is 17.3 Å². The van der Waals surface area contributed by atoms with Crippen LogP contribution in [0.1, 0.15) is 13.8 Å². The first kappa shape index (κ1) is 11.5. The average molecular weight is 208 g/mol. The quantitative estimate of drug-likeness (QED) is 0.739. The number of carbonyl (C=O) groups excluding carboxylic acids is 1. The zero-order valence-electron chi connectivity index (χ0n) is 8.99. The van der Waals surface area contributed by atoms with Crippen molar-refractivity contribution in [1.29, 1.82) is 0 Å². The Balaban J connectivity index is 2.44. The minimum Gasteiger partial charge on any atom is -0.399 e. The predicted molar refractivity (Wildman–Crippen MR) is 60.6 cm³/mol. The van der Waals surface area contributed by atoms with Gasteiger partial charge in [-0.25, -0.2) is 0 Å². The van der Waals surface area contributed by atoms with Crippen LogP contribution in [0.3, 0.4) is 0 Å². The second-order valence-electron chi connectivity index (χ2n) is 3.53. The highest BCUT2D eigenvalue weighted by atomic mass is 16.5. The van der Waals surface area contributed by atoms with E-state index < -0.39 is 0 Å². The number of carbonyl (C=O) groups is 1. The van der Waals surface area contributed by atoms with Crippen LogP contribution in [0.2, 0.25) is 0 Å². The molecule has 3 N–H and O–H groups in total. The highest BCUT2D eigenvalue weighted by Gasteiger charge is 2.03. The molecule has 4 nitrogen and oxygen atoms in total. The number of benzene rings is 1. The lowest BCUT2D eigenvalue weighted by atomic mass is 10.3. The molecule has 0 bridgehead atoms. The molecule has 0 saturated heterocycles. The van der Waals surface area contributed by atoms with E-state index in [4.69, 9.17) is 10.5 Å². The van der Waals surface area contributed by atoms with E-state index >= 15 is 0 Å². The van der Waals surface area contributed by atoms with Crippen molar-refractivity contribution < 1.29 is 9.53 Å². The van der Waals surface area contributed by atoms with Crippen molar-refractivity contribution in [3.63, 3.8) is 0 Å². The molecule has 15 heavy (non-hydrogen) atoms. The first-order valence-electron chi connectivity index (χ1n) is 4.85. The van der Waals surface area contributed by atoms with E-state index in [0.717, 1.165) is 0 Å². The van der Waals surface area contributed by atoms with E-state index in [0.29, 0.717) is 11.4 Å². The normalized spacial score (nSPS) is 10.3. The second-order valence-corrected chi connectivity index (χ2v) is 3.53. The van der Waals surface area contributed by atoms with Gasteiger partial charge in [-0.05, 0) is 32.0 Å². The van der Waals surface area contributed by atoms with E-state index in [1.54, 1.807) is 24.3 Å². The number of hydrogen-bond donors (Lipinski definition) is 2. The van der Waals surface area contributed by atoms with Crippen molar-refractivity contribution in [2.75, 3.05) is 17.7 Å². The lowest BCUT2D eigenvalue weighted by molar-refractivity contribution is -0.121. The van der Waals surface area contributed by atoms with Gasteiger partial charge in [0.1, 0.15) is 6.61 Å². The average Bonchev–Trinajstić information content (AvgIpc) is 2.15. The van der Waals surface area contributed by atoms with Crippen LogP contribution in [0.15, 0.2) is 24.3 Å². The highest BCUT2D eigenvalue weighted by Crippen LogP contribution is 2.11. The van der Waals surface area contributed by atoms with Crippen LogP contribution in [0.25, 0.3) is 0 Å². The zero-order chi connectivity index (χ0) is 11.3. The Labute approximate surface area is 89.4 Å². The van der Waals surface area contributed by atoms with Gasteiger partial charge in [-0.3, -0.25) is 4.79 Å². The SMILES string of the molecule is CC(C)OCC(=O)Nc1cccc(N)c1. The molecule has 0 unspecified atom stereocenters. The molecule has 0 saturated carbocycles. The summed E-state index contributed by atoms with van der Waals surface area (Å²) in [6.45, 7) is 3.83. The Hall–Kier alpha value is -1.55. The Morgan fingerprint density at radius 2 is 2.27 bits per heavy atom. The summed E-state index contributed by atoms with van der Waals surface area (Å²) in [4.78, 5) is 11.4. The Bertz CT molecular complexity index is 337. The van der Waals surface area contributed by atoms with Gasteiger partial charge in [-0.1, -0.05) is 6.07 Å². The number of amides is 1. The Morgan fingerprint density at radius 3 is 2.87 bits per heavy atom. The van der Waals surface area contributed by atoms with Gasteiger partial charge >= 0.3 is 0 Å². The Kier molecular flexibility index (Phi) is 4.12. The summed E-state index contributed by atoms with van der Waals surface area (Å²) >= 11 is 0. The molecular weight excluding hydrogens is 192 g/mol. The molecule has 1 aromatic rings. The molecule has 1 amide bonds. The predicted octanol–water partition coefficient (Wildman–Crippen LogP) is 1.63. The standard InChI is InChI=1S/C11H16N2O2/c1-8(2)15-7-11(14)13-10-5-3-4-9(12)6-10/h3-6,8H,7,12H2,1-2H3,(H,13,14). The van der Waals surface area contributed by atoms with Crippen LogP contribution < -0.4 is 11.1 Å². The van der Waals surface area contributed by atoms with Crippen molar-refractivity contribution in [3.8, 4) is 0 Å². The first-order valence-corrected chi connectivity index (χ1v) is 4.85. The second kappa shape index (κ2) is 5.36. The van der Waals surface area contributed by atoms with E-state index in [2.05, 4.69) is 5.32 Å². The molecule has 0 aliphatic rings. The maximum atomic E-state index is 11.4. The fraction of sp³-hybridized carbons (Fsp3) is 0.364. The van der Waals surface area contributed by atoms with Gasteiger partial charge in [-0.2, -0.15) is 0 Å². The third-order valence-corrected chi connectivity index (χ3v) is 1.72. The molecule has 0 fully saturated rings. The maximum absolute atomic E-state index is 11.4. The van der Waals surface area contributed by atoms with Crippen molar-refractivity contribution in [2.45, 2.75) is 20.0 Å². The molecule has 0 aromatic heterocycles. The molecule has 0 atom stereocenters. The summed E-state index contributed by atoms with van der Waals surface area (Å²) in [5.41, 5.74) is 6.88. The molecule has 0 spiro atoms. The molecule has 0 aliphatic carbocycles.